The molecular formula is C10H21NO3S. The molecule has 0 aromatic carbocycles. The smallest absolute Gasteiger partial charge is 0.214 e. The van der Waals surface area contributed by atoms with Crippen LogP contribution in [0.2, 0.25) is 0 Å². The van der Waals surface area contributed by atoms with Crippen molar-refractivity contribution < 1.29 is 13.5 Å². The fourth-order valence-electron chi connectivity index (χ4n) is 1.53. The topological polar surface area (TPSA) is 57.6 Å². The van der Waals surface area contributed by atoms with E-state index in [1.165, 1.54) is 4.31 Å². The van der Waals surface area contributed by atoms with E-state index in [-0.39, 0.29) is 17.7 Å². The summed E-state index contributed by atoms with van der Waals surface area (Å²) in [5, 5.41) is 9.28. The van der Waals surface area contributed by atoms with E-state index in [9.17, 15) is 13.5 Å². The van der Waals surface area contributed by atoms with Gasteiger partial charge in [-0.2, -0.15) is 4.31 Å². The van der Waals surface area contributed by atoms with E-state index in [0.29, 0.717) is 19.4 Å². The first-order valence-electron chi connectivity index (χ1n) is 5.37. The van der Waals surface area contributed by atoms with E-state index < -0.39 is 16.1 Å². The number of aliphatic hydroxyl groups is 1. The minimum Gasteiger partial charge on any atom is -0.392 e. The zero-order valence-electron chi connectivity index (χ0n) is 9.73. The van der Waals surface area contributed by atoms with Gasteiger partial charge in [-0.05, 0) is 18.3 Å². The highest BCUT2D eigenvalue weighted by Gasteiger charge is 2.30. The Kier molecular flexibility index (Phi) is 3.79. The van der Waals surface area contributed by atoms with Crippen LogP contribution < -0.4 is 0 Å². The molecule has 0 saturated carbocycles. The van der Waals surface area contributed by atoms with Crippen LogP contribution in [0.25, 0.3) is 0 Å². The van der Waals surface area contributed by atoms with Gasteiger partial charge in [-0.1, -0.05) is 20.8 Å². The predicted octanol–water partition coefficient (Wildman–Crippen LogP) is 0.819. The number of β-amino-alcohol motifs (C(OH)–C–C–N with tert-alkyl or cyclic N) is 1. The van der Waals surface area contributed by atoms with Gasteiger partial charge in [0.1, 0.15) is 0 Å². The fourth-order valence-corrected chi connectivity index (χ4v) is 3.44. The minimum atomic E-state index is -3.15. The third-order valence-electron chi connectivity index (χ3n) is 2.63. The average Bonchev–Trinajstić information content (AvgIpc) is 2.48. The van der Waals surface area contributed by atoms with Gasteiger partial charge >= 0.3 is 0 Å². The standard InChI is InChI=1S/C10H21NO3S/c1-10(2,3)5-7-15(13,14)11-6-4-9(12)8-11/h9,12H,4-8H2,1-3H3. The first kappa shape index (κ1) is 12.9. The quantitative estimate of drug-likeness (QED) is 0.788. The Labute approximate surface area is 92.3 Å². The predicted molar refractivity (Wildman–Crippen MR) is 60.1 cm³/mol. The maximum atomic E-state index is 11.8. The van der Waals surface area contributed by atoms with E-state index in [1.54, 1.807) is 0 Å². The Bertz CT molecular complexity index is 305. The highest BCUT2D eigenvalue weighted by Crippen LogP contribution is 2.22. The van der Waals surface area contributed by atoms with Gasteiger partial charge in [0, 0.05) is 13.1 Å². The largest absolute Gasteiger partial charge is 0.392 e. The maximum absolute atomic E-state index is 11.8. The number of hydrogen-bond donors (Lipinski definition) is 1. The molecule has 1 heterocycles. The molecule has 5 heteroatoms. The zero-order valence-corrected chi connectivity index (χ0v) is 10.5. The van der Waals surface area contributed by atoms with E-state index in [4.69, 9.17) is 0 Å². The first-order chi connectivity index (χ1) is 6.71. The molecule has 0 aromatic rings. The summed E-state index contributed by atoms with van der Waals surface area (Å²) in [7, 11) is -3.15. The molecule has 1 aliphatic heterocycles. The SMILES string of the molecule is CC(C)(C)CCS(=O)(=O)N1CCC(O)C1. The molecule has 0 radical (unpaired) electrons. The Morgan fingerprint density at radius 3 is 2.40 bits per heavy atom. The second-order valence-electron chi connectivity index (χ2n) is 5.43. The van der Waals surface area contributed by atoms with Gasteiger partial charge in [0.25, 0.3) is 0 Å². The van der Waals surface area contributed by atoms with Crippen LogP contribution in [-0.2, 0) is 10.0 Å². The molecule has 1 rings (SSSR count). The summed E-state index contributed by atoms with van der Waals surface area (Å²) in [6, 6.07) is 0. The van der Waals surface area contributed by atoms with Crippen LogP contribution in [0.4, 0.5) is 0 Å². The summed E-state index contributed by atoms with van der Waals surface area (Å²) in [5.74, 6) is 0.184. The Balaban J connectivity index is 2.53. The molecule has 90 valence electrons. The minimum absolute atomic E-state index is 0.0331. The van der Waals surface area contributed by atoms with Crippen molar-refractivity contribution in [2.75, 3.05) is 18.8 Å². The van der Waals surface area contributed by atoms with Crippen LogP contribution in [0.5, 0.6) is 0 Å². The number of hydrogen-bond acceptors (Lipinski definition) is 3. The van der Waals surface area contributed by atoms with Crippen molar-refractivity contribution in [3.63, 3.8) is 0 Å². The highest BCUT2D eigenvalue weighted by molar-refractivity contribution is 7.89. The number of aliphatic hydroxyl groups excluding tert-OH is 1. The van der Waals surface area contributed by atoms with Gasteiger partial charge in [-0.15, -0.1) is 0 Å². The molecule has 1 saturated heterocycles. The van der Waals surface area contributed by atoms with Crippen LogP contribution in [0.15, 0.2) is 0 Å². The van der Waals surface area contributed by atoms with Gasteiger partial charge < -0.3 is 5.11 Å². The van der Waals surface area contributed by atoms with E-state index >= 15 is 0 Å². The van der Waals surface area contributed by atoms with Crippen LogP contribution in [0.1, 0.15) is 33.6 Å². The summed E-state index contributed by atoms with van der Waals surface area (Å²) in [6.45, 7) is 6.82. The van der Waals surface area contributed by atoms with Crippen molar-refractivity contribution in [3.05, 3.63) is 0 Å². The van der Waals surface area contributed by atoms with Crippen molar-refractivity contribution in [3.8, 4) is 0 Å². The summed E-state index contributed by atoms with van der Waals surface area (Å²) in [6.07, 6.45) is 0.742. The van der Waals surface area contributed by atoms with Crippen LogP contribution in [-0.4, -0.2) is 42.8 Å². The molecule has 1 N–H and O–H groups in total. The average molecular weight is 235 g/mol. The van der Waals surface area contributed by atoms with Crippen molar-refractivity contribution in [2.45, 2.75) is 39.7 Å². The molecule has 0 amide bonds. The lowest BCUT2D eigenvalue weighted by molar-refractivity contribution is 0.189. The third-order valence-corrected chi connectivity index (χ3v) is 4.47. The fraction of sp³-hybridized carbons (Fsp3) is 1.00. The molecule has 15 heavy (non-hydrogen) atoms. The van der Waals surface area contributed by atoms with Gasteiger partial charge in [0.2, 0.25) is 10.0 Å². The molecule has 0 bridgehead atoms. The lowest BCUT2D eigenvalue weighted by atomic mass is 9.94. The van der Waals surface area contributed by atoms with Gasteiger partial charge in [-0.3, -0.25) is 0 Å². The second-order valence-corrected chi connectivity index (χ2v) is 7.52. The molecule has 0 spiro atoms. The third kappa shape index (κ3) is 4.09. The van der Waals surface area contributed by atoms with Crippen molar-refractivity contribution in [2.24, 2.45) is 5.41 Å². The second kappa shape index (κ2) is 4.39. The Morgan fingerprint density at radius 1 is 1.40 bits per heavy atom. The van der Waals surface area contributed by atoms with Crippen LogP contribution in [0, 0.1) is 5.41 Å². The maximum Gasteiger partial charge on any atom is 0.214 e. The molecule has 1 aliphatic rings. The van der Waals surface area contributed by atoms with Gasteiger partial charge in [0.15, 0.2) is 0 Å². The van der Waals surface area contributed by atoms with E-state index in [0.717, 1.165) is 0 Å². The number of sulfonamides is 1. The van der Waals surface area contributed by atoms with Crippen LogP contribution in [0.3, 0.4) is 0 Å². The Hall–Kier alpha value is -0.130. The molecule has 4 nitrogen and oxygen atoms in total. The highest BCUT2D eigenvalue weighted by atomic mass is 32.2. The molecule has 1 fully saturated rings. The van der Waals surface area contributed by atoms with Crippen molar-refractivity contribution in [1.82, 2.24) is 4.31 Å². The summed E-state index contributed by atoms with van der Waals surface area (Å²) < 4.78 is 25.1. The zero-order chi connectivity index (χ0) is 11.7. The van der Waals surface area contributed by atoms with Crippen molar-refractivity contribution >= 4 is 10.0 Å². The molecule has 0 aliphatic carbocycles. The molecule has 1 atom stereocenters. The van der Waals surface area contributed by atoms with E-state index in [2.05, 4.69) is 0 Å². The number of rotatable bonds is 3. The summed E-state index contributed by atoms with van der Waals surface area (Å²) in [5.41, 5.74) is 0.0331. The van der Waals surface area contributed by atoms with Crippen LogP contribution >= 0.6 is 0 Å². The lowest BCUT2D eigenvalue weighted by Gasteiger charge is -2.21. The Morgan fingerprint density at radius 2 is 2.00 bits per heavy atom. The summed E-state index contributed by atoms with van der Waals surface area (Å²) in [4.78, 5) is 0. The molecule has 0 aromatic heterocycles. The summed E-state index contributed by atoms with van der Waals surface area (Å²) >= 11 is 0. The lowest BCUT2D eigenvalue weighted by Crippen LogP contribution is -2.33. The van der Waals surface area contributed by atoms with E-state index in [1.807, 2.05) is 20.8 Å². The number of nitrogens with zero attached hydrogens (tertiary/aromatic N) is 1. The van der Waals surface area contributed by atoms with Gasteiger partial charge in [0.05, 0.1) is 11.9 Å². The first-order valence-corrected chi connectivity index (χ1v) is 6.97. The monoisotopic (exact) mass is 235 g/mol. The normalized spacial score (nSPS) is 24.7. The molecule has 1 unspecified atom stereocenters. The van der Waals surface area contributed by atoms with Crippen molar-refractivity contribution in [1.29, 1.82) is 0 Å². The molecular weight excluding hydrogens is 214 g/mol. The van der Waals surface area contributed by atoms with Gasteiger partial charge in [-0.25, -0.2) is 8.42 Å².